The topological polar surface area (TPSA) is 149 Å². The van der Waals surface area contributed by atoms with E-state index in [1.165, 1.54) is 141 Å². The summed E-state index contributed by atoms with van der Waals surface area (Å²) >= 11 is 0. The molecule has 1 fully saturated rings. The quantitative estimate of drug-likeness (QED) is 0.0272. The highest BCUT2D eigenvalue weighted by atomic mass is 16.7. The highest BCUT2D eigenvalue weighted by molar-refractivity contribution is 5.76. The molecule has 6 N–H and O–H groups in total. The summed E-state index contributed by atoms with van der Waals surface area (Å²) in [6.07, 6.45) is 33.1. The van der Waals surface area contributed by atoms with Crippen LogP contribution in [-0.2, 0) is 14.3 Å². The number of amides is 1. The summed E-state index contributed by atoms with van der Waals surface area (Å²) in [6, 6.07) is -0.795. The summed E-state index contributed by atoms with van der Waals surface area (Å²) < 4.78 is 11.1. The lowest BCUT2D eigenvalue weighted by Crippen LogP contribution is -2.60. The van der Waals surface area contributed by atoms with Gasteiger partial charge < -0.3 is 40.3 Å². The SMILES string of the molecule is CCCCCC/C=C/C(O)C(COC1OC(CO)C(O)C(O)C1O)NC(=O)CCCCCCCCCCCCCCCCCCCCCCCCCC. The van der Waals surface area contributed by atoms with Crippen LogP contribution in [0.25, 0.3) is 0 Å². The van der Waals surface area contributed by atoms with Crippen molar-refractivity contribution in [3.63, 3.8) is 0 Å². The Balaban J connectivity index is 2.14. The monoisotopic (exact) mass is 756 g/mol. The molecule has 314 valence electrons. The Hall–Kier alpha value is -1.07. The van der Waals surface area contributed by atoms with E-state index >= 15 is 0 Å². The zero-order valence-electron chi connectivity index (χ0n) is 34.3. The van der Waals surface area contributed by atoms with Crippen LogP contribution in [0.5, 0.6) is 0 Å². The third-order valence-corrected chi connectivity index (χ3v) is 10.9. The van der Waals surface area contributed by atoms with Gasteiger partial charge in [-0.3, -0.25) is 4.79 Å². The number of allylic oxidation sites excluding steroid dienone is 1. The van der Waals surface area contributed by atoms with Gasteiger partial charge in [-0.15, -0.1) is 0 Å². The minimum atomic E-state index is -1.56. The average Bonchev–Trinajstić information content (AvgIpc) is 3.16. The first-order valence-corrected chi connectivity index (χ1v) is 22.4. The first-order valence-electron chi connectivity index (χ1n) is 22.4. The van der Waals surface area contributed by atoms with Crippen LogP contribution in [0.2, 0.25) is 0 Å². The van der Waals surface area contributed by atoms with Crippen LogP contribution < -0.4 is 5.32 Å². The first-order chi connectivity index (χ1) is 25.8. The van der Waals surface area contributed by atoms with Crippen LogP contribution in [0.15, 0.2) is 12.2 Å². The average molecular weight is 756 g/mol. The number of aliphatic hydroxyl groups excluding tert-OH is 5. The van der Waals surface area contributed by atoms with Gasteiger partial charge in [0.2, 0.25) is 5.91 Å². The lowest BCUT2D eigenvalue weighted by molar-refractivity contribution is -0.302. The van der Waals surface area contributed by atoms with E-state index in [1.807, 2.05) is 6.08 Å². The Bertz CT molecular complexity index is 842. The van der Waals surface area contributed by atoms with Gasteiger partial charge in [0.05, 0.1) is 25.4 Å². The lowest BCUT2D eigenvalue weighted by Gasteiger charge is -2.40. The van der Waals surface area contributed by atoms with Gasteiger partial charge in [0, 0.05) is 6.42 Å². The molecule has 0 radical (unpaired) electrons. The fraction of sp³-hybridized carbons (Fsp3) is 0.932. The predicted molar refractivity (Wildman–Crippen MR) is 217 cm³/mol. The molecular formula is C44H85NO8. The summed E-state index contributed by atoms with van der Waals surface area (Å²) in [7, 11) is 0. The molecule has 1 rings (SSSR count). The van der Waals surface area contributed by atoms with Crippen LogP contribution in [0, 0.1) is 0 Å². The van der Waals surface area contributed by atoms with Crippen molar-refractivity contribution < 1.29 is 39.8 Å². The number of aliphatic hydroxyl groups is 5. The molecule has 53 heavy (non-hydrogen) atoms. The maximum Gasteiger partial charge on any atom is 0.220 e. The molecule has 9 heteroatoms. The van der Waals surface area contributed by atoms with E-state index in [-0.39, 0.29) is 12.5 Å². The van der Waals surface area contributed by atoms with Gasteiger partial charge in [0.25, 0.3) is 0 Å². The van der Waals surface area contributed by atoms with Crippen LogP contribution in [0.1, 0.15) is 206 Å². The Kier molecular flexibility index (Phi) is 33.3. The molecule has 0 bridgehead atoms. The predicted octanol–water partition coefficient (Wildman–Crippen LogP) is 8.95. The molecule has 7 atom stereocenters. The lowest BCUT2D eigenvalue weighted by atomic mass is 9.99. The highest BCUT2D eigenvalue weighted by Gasteiger charge is 2.44. The molecule has 0 spiro atoms. The van der Waals surface area contributed by atoms with Crippen LogP contribution in [-0.4, -0.2) is 87.5 Å². The summed E-state index contributed by atoms with van der Waals surface area (Å²) in [5.41, 5.74) is 0. The normalized spacial score (nSPS) is 21.7. The minimum Gasteiger partial charge on any atom is -0.394 e. The highest BCUT2D eigenvalue weighted by Crippen LogP contribution is 2.23. The van der Waals surface area contributed by atoms with E-state index in [0.717, 1.165) is 44.9 Å². The number of nitrogens with one attached hydrogen (secondary N) is 1. The number of carbonyl (C=O) groups excluding carboxylic acids is 1. The molecule has 1 amide bonds. The second-order valence-corrected chi connectivity index (χ2v) is 15.9. The van der Waals surface area contributed by atoms with E-state index in [1.54, 1.807) is 6.08 Å². The van der Waals surface area contributed by atoms with Crippen molar-refractivity contribution in [2.45, 2.75) is 249 Å². The molecule has 1 heterocycles. The van der Waals surface area contributed by atoms with Gasteiger partial charge in [0.1, 0.15) is 24.4 Å². The Morgan fingerprint density at radius 2 is 1.04 bits per heavy atom. The number of ether oxygens (including phenoxy) is 2. The minimum absolute atomic E-state index is 0.179. The smallest absolute Gasteiger partial charge is 0.220 e. The number of carbonyl (C=O) groups is 1. The number of hydrogen-bond donors (Lipinski definition) is 6. The molecule has 0 saturated carbocycles. The van der Waals surface area contributed by atoms with E-state index in [4.69, 9.17) is 9.47 Å². The van der Waals surface area contributed by atoms with Crippen LogP contribution in [0.4, 0.5) is 0 Å². The molecule has 0 aliphatic carbocycles. The third-order valence-electron chi connectivity index (χ3n) is 10.9. The second kappa shape index (κ2) is 35.4. The number of hydrogen-bond acceptors (Lipinski definition) is 8. The van der Waals surface area contributed by atoms with E-state index < -0.39 is 49.5 Å². The van der Waals surface area contributed by atoms with Crippen molar-refractivity contribution in [2.75, 3.05) is 13.2 Å². The molecule has 7 unspecified atom stereocenters. The number of rotatable bonds is 37. The fourth-order valence-corrected chi connectivity index (χ4v) is 7.21. The van der Waals surface area contributed by atoms with Crippen LogP contribution >= 0.6 is 0 Å². The van der Waals surface area contributed by atoms with Gasteiger partial charge in [-0.1, -0.05) is 193 Å². The molecule has 1 aliphatic heterocycles. The fourth-order valence-electron chi connectivity index (χ4n) is 7.21. The maximum absolute atomic E-state index is 12.9. The van der Waals surface area contributed by atoms with Gasteiger partial charge in [0.15, 0.2) is 6.29 Å². The van der Waals surface area contributed by atoms with E-state index in [9.17, 15) is 30.3 Å². The van der Waals surface area contributed by atoms with Gasteiger partial charge >= 0.3 is 0 Å². The molecular weight excluding hydrogens is 670 g/mol. The summed E-state index contributed by atoms with van der Waals surface area (Å²) in [6.45, 7) is 3.70. The van der Waals surface area contributed by atoms with Crippen molar-refractivity contribution in [1.82, 2.24) is 5.32 Å². The van der Waals surface area contributed by atoms with Gasteiger partial charge in [-0.05, 0) is 19.3 Å². The Labute approximate surface area is 325 Å². The first kappa shape index (κ1) is 49.9. The maximum atomic E-state index is 12.9. The van der Waals surface area contributed by atoms with Crippen molar-refractivity contribution in [3.8, 4) is 0 Å². The van der Waals surface area contributed by atoms with Gasteiger partial charge in [-0.2, -0.15) is 0 Å². The van der Waals surface area contributed by atoms with E-state index in [0.29, 0.717) is 6.42 Å². The summed E-state index contributed by atoms with van der Waals surface area (Å²) in [5.74, 6) is -0.179. The zero-order valence-corrected chi connectivity index (χ0v) is 34.3. The summed E-state index contributed by atoms with van der Waals surface area (Å²) in [5, 5.41) is 53.7. The number of unbranched alkanes of at least 4 members (excludes halogenated alkanes) is 27. The third kappa shape index (κ3) is 26.4. The molecule has 0 aromatic heterocycles. The zero-order chi connectivity index (χ0) is 38.8. The molecule has 0 aromatic carbocycles. The van der Waals surface area contributed by atoms with Crippen molar-refractivity contribution >= 4 is 5.91 Å². The summed E-state index contributed by atoms with van der Waals surface area (Å²) in [4.78, 5) is 12.9. The van der Waals surface area contributed by atoms with E-state index in [2.05, 4.69) is 19.2 Å². The second-order valence-electron chi connectivity index (χ2n) is 15.9. The Morgan fingerprint density at radius 1 is 0.623 bits per heavy atom. The molecule has 1 saturated heterocycles. The van der Waals surface area contributed by atoms with Crippen molar-refractivity contribution in [3.05, 3.63) is 12.2 Å². The molecule has 1 aliphatic rings. The largest absolute Gasteiger partial charge is 0.394 e. The Morgan fingerprint density at radius 3 is 1.47 bits per heavy atom. The van der Waals surface area contributed by atoms with Crippen molar-refractivity contribution in [1.29, 1.82) is 0 Å². The molecule has 9 nitrogen and oxygen atoms in total. The van der Waals surface area contributed by atoms with Crippen molar-refractivity contribution in [2.24, 2.45) is 0 Å². The van der Waals surface area contributed by atoms with Crippen LogP contribution in [0.3, 0.4) is 0 Å². The van der Waals surface area contributed by atoms with Gasteiger partial charge in [-0.25, -0.2) is 0 Å². The molecule has 0 aromatic rings. The standard InChI is InChI=1S/C44H85NO8/c1-3-5-7-9-11-12-13-14-15-16-17-18-19-20-21-22-23-24-25-26-27-28-30-32-34-40(48)45-37(38(47)33-31-29-10-8-6-4-2)36-52-44-43(51)42(50)41(49)39(35-46)53-44/h31,33,37-39,41-44,46-47,49-51H,3-30,32,34-36H2,1-2H3,(H,45,48)/b33-31+.